The first-order valence-corrected chi connectivity index (χ1v) is 7.77. The second-order valence-corrected chi connectivity index (χ2v) is 5.94. The third-order valence-corrected chi connectivity index (χ3v) is 3.72. The van der Waals surface area contributed by atoms with E-state index in [1.165, 1.54) is 12.1 Å². The van der Waals surface area contributed by atoms with Gasteiger partial charge in [-0.05, 0) is 59.3 Å². The smallest absolute Gasteiger partial charge is 0.352 e. The largest absolute Gasteiger partial charge is 0.478 e. The van der Waals surface area contributed by atoms with Crippen LogP contribution in [0.1, 0.15) is 17.3 Å². The van der Waals surface area contributed by atoms with E-state index in [1.54, 1.807) is 37.3 Å². The fraction of sp³-hybridized carbons (Fsp3) is 0.125. The summed E-state index contributed by atoms with van der Waals surface area (Å²) in [4.78, 5) is 23.2. The zero-order valence-corrected chi connectivity index (χ0v) is 14.4. The lowest BCUT2D eigenvalue weighted by Gasteiger charge is -2.15. The van der Waals surface area contributed by atoms with Gasteiger partial charge in [-0.2, -0.15) is 0 Å². The van der Waals surface area contributed by atoms with Crippen LogP contribution in [-0.2, 0) is 4.79 Å². The number of hydrogen-bond donors (Lipinski definition) is 1. The van der Waals surface area contributed by atoms with Crippen molar-refractivity contribution < 1.29 is 19.1 Å². The molecular formula is C16H13BrClNO4. The van der Waals surface area contributed by atoms with Crippen LogP contribution in [0.15, 0.2) is 46.9 Å². The highest BCUT2D eigenvalue weighted by Crippen LogP contribution is 2.29. The Hall–Kier alpha value is -2.05. The van der Waals surface area contributed by atoms with E-state index in [9.17, 15) is 9.59 Å². The molecule has 0 fully saturated rings. The van der Waals surface area contributed by atoms with E-state index in [0.717, 1.165) is 0 Å². The molecule has 0 spiro atoms. The molecule has 0 radical (unpaired) electrons. The molecule has 0 saturated carbocycles. The number of halogens is 2. The normalized spacial score (nSPS) is 11.6. The van der Waals surface area contributed by atoms with Gasteiger partial charge in [-0.3, -0.25) is 4.79 Å². The predicted molar refractivity (Wildman–Crippen MR) is 89.8 cm³/mol. The van der Waals surface area contributed by atoms with Crippen molar-refractivity contribution in [2.75, 3.05) is 0 Å². The molecule has 1 amide bonds. The fourth-order valence-corrected chi connectivity index (χ4v) is 2.50. The van der Waals surface area contributed by atoms with Crippen molar-refractivity contribution in [1.82, 2.24) is 0 Å². The highest BCUT2D eigenvalue weighted by molar-refractivity contribution is 9.10. The molecular weight excluding hydrogens is 386 g/mol. The van der Waals surface area contributed by atoms with Gasteiger partial charge in [0, 0.05) is 10.6 Å². The summed E-state index contributed by atoms with van der Waals surface area (Å²) in [6.45, 7) is 1.56. The monoisotopic (exact) mass is 397 g/mol. The molecule has 0 aliphatic rings. The van der Waals surface area contributed by atoms with Gasteiger partial charge in [-0.1, -0.05) is 17.7 Å². The Balaban J connectivity index is 2.05. The number of carbonyl (C=O) groups is 2. The molecule has 0 aliphatic carbocycles. The summed E-state index contributed by atoms with van der Waals surface area (Å²) < 4.78 is 11.4. The Morgan fingerprint density at radius 2 is 1.96 bits per heavy atom. The highest BCUT2D eigenvalue weighted by atomic mass is 79.9. The Kier molecular flexibility index (Phi) is 5.63. The van der Waals surface area contributed by atoms with Crippen LogP contribution in [0.2, 0.25) is 5.02 Å². The average Bonchev–Trinajstić information content (AvgIpc) is 2.50. The van der Waals surface area contributed by atoms with Crippen LogP contribution in [-0.4, -0.2) is 18.0 Å². The minimum atomic E-state index is -0.857. The average molecular weight is 399 g/mol. The van der Waals surface area contributed by atoms with E-state index in [0.29, 0.717) is 15.2 Å². The topological polar surface area (TPSA) is 78.6 Å². The Labute approximate surface area is 146 Å². The lowest BCUT2D eigenvalue weighted by molar-refractivity contribution is -0.141. The van der Waals surface area contributed by atoms with E-state index < -0.39 is 18.0 Å². The van der Waals surface area contributed by atoms with Gasteiger partial charge in [0.2, 0.25) is 5.91 Å². The van der Waals surface area contributed by atoms with Crippen LogP contribution in [0.25, 0.3) is 0 Å². The summed E-state index contributed by atoms with van der Waals surface area (Å²) in [5, 5.41) is 0.544. The van der Waals surface area contributed by atoms with Crippen molar-refractivity contribution in [3.63, 3.8) is 0 Å². The summed E-state index contributed by atoms with van der Waals surface area (Å²) in [5.74, 6) is -0.521. The Morgan fingerprint density at radius 1 is 1.22 bits per heavy atom. The van der Waals surface area contributed by atoms with Crippen LogP contribution in [0.3, 0.4) is 0 Å². The van der Waals surface area contributed by atoms with Crippen LogP contribution < -0.4 is 15.2 Å². The van der Waals surface area contributed by atoms with Crippen molar-refractivity contribution in [2.45, 2.75) is 13.0 Å². The van der Waals surface area contributed by atoms with Crippen molar-refractivity contribution in [3.05, 3.63) is 57.5 Å². The van der Waals surface area contributed by atoms with E-state index in [4.69, 9.17) is 26.8 Å². The first kappa shape index (κ1) is 17.3. The number of carbonyl (C=O) groups excluding carboxylic acids is 2. The molecule has 1 atom stereocenters. The fourth-order valence-electron chi connectivity index (χ4n) is 1.72. The van der Waals surface area contributed by atoms with Gasteiger partial charge in [0.1, 0.15) is 11.5 Å². The zero-order chi connectivity index (χ0) is 17.0. The van der Waals surface area contributed by atoms with Crippen molar-refractivity contribution >= 4 is 39.4 Å². The van der Waals surface area contributed by atoms with E-state index >= 15 is 0 Å². The summed E-state index contributed by atoms with van der Waals surface area (Å²) in [6.07, 6.45) is -0.857. The van der Waals surface area contributed by atoms with E-state index in [2.05, 4.69) is 15.9 Å². The van der Waals surface area contributed by atoms with Gasteiger partial charge in [-0.15, -0.1) is 0 Å². The number of amides is 1. The first-order chi connectivity index (χ1) is 10.9. The Bertz CT molecular complexity index is 751. The molecule has 0 bridgehead atoms. The molecule has 2 rings (SSSR count). The number of primary amides is 1. The Morgan fingerprint density at radius 3 is 2.61 bits per heavy atom. The van der Waals surface area contributed by atoms with Gasteiger partial charge >= 0.3 is 5.97 Å². The highest BCUT2D eigenvalue weighted by Gasteiger charge is 2.19. The van der Waals surface area contributed by atoms with Crippen molar-refractivity contribution in [1.29, 1.82) is 0 Å². The third kappa shape index (κ3) is 4.71. The van der Waals surface area contributed by atoms with Crippen LogP contribution in [0, 0.1) is 0 Å². The van der Waals surface area contributed by atoms with Gasteiger partial charge in [-0.25, -0.2) is 4.79 Å². The number of ether oxygens (including phenoxy) is 2. The third-order valence-electron chi connectivity index (χ3n) is 2.87. The predicted octanol–water partition coefficient (Wildman–Crippen LogP) is 3.57. The molecule has 120 valence electrons. The van der Waals surface area contributed by atoms with E-state index in [-0.39, 0.29) is 11.3 Å². The minimum Gasteiger partial charge on any atom is -0.478 e. The summed E-state index contributed by atoms with van der Waals surface area (Å²) in [5.41, 5.74) is 5.44. The van der Waals surface area contributed by atoms with Gasteiger partial charge in [0.15, 0.2) is 6.10 Å². The molecule has 0 saturated heterocycles. The molecule has 5 nitrogen and oxygen atoms in total. The summed E-state index contributed by atoms with van der Waals surface area (Å²) >= 11 is 9.15. The molecule has 23 heavy (non-hydrogen) atoms. The van der Waals surface area contributed by atoms with Crippen molar-refractivity contribution in [2.24, 2.45) is 5.73 Å². The lowest BCUT2D eigenvalue weighted by atomic mass is 10.2. The maximum absolute atomic E-state index is 12.1. The summed E-state index contributed by atoms with van der Waals surface area (Å²) in [7, 11) is 0. The lowest BCUT2D eigenvalue weighted by Crippen LogP contribution is -2.28. The van der Waals surface area contributed by atoms with Crippen LogP contribution >= 0.6 is 27.5 Å². The maximum Gasteiger partial charge on any atom is 0.352 e. The number of nitrogens with two attached hydrogens (primary N) is 1. The number of benzene rings is 2. The van der Waals surface area contributed by atoms with Crippen LogP contribution in [0.5, 0.6) is 11.5 Å². The maximum atomic E-state index is 12.1. The molecule has 2 N–H and O–H groups in total. The van der Waals surface area contributed by atoms with Gasteiger partial charge < -0.3 is 15.2 Å². The van der Waals surface area contributed by atoms with E-state index in [1.807, 2.05) is 0 Å². The van der Waals surface area contributed by atoms with Crippen LogP contribution in [0.4, 0.5) is 0 Å². The molecule has 2 aromatic rings. The molecule has 0 heterocycles. The second-order valence-electron chi connectivity index (χ2n) is 4.65. The molecule has 2 aromatic carbocycles. The molecule has 7 heteroatoms. The first-order valence-electron chi connectivity index (χ1n) is 6.60. The molecule has 0 aliphatic heterocycles. The standard InChI is InChI=1S/C16H13BrClNO4/c1-9(22-14-6-5-11(18)8-13(14)17)16(21)23-12-4-2-3-10(7-12)15(19)20/h2-9H,1H3,(H2,19,20). The second kappa shape index (κ2) is 7.48. The minimum absolute atomic E-state index is 0.219. The van der Waals surface area contributed by atoms with Gasteiger partial charge in [0.05, 0.1) is 4.47 Å². The zero-order valence-electron chi connectivity index (χ0n) is 12.1. The quantitative estimate of drug-likeness (QED) is 0.617. The number of hydrogen-bond acceptors (Lipinski definition) is 4. The van der Waals surface area contributed by atoms with Crippen molar-refractivity contribution in [3.8, 4) is 11.5 Å². The number of esters is 1. The number of rotatable bonds is 5. The molecule has 1 unspecified atom stereocenters. The molecule has 0 aromatic heterocycles. The van der Waals surface area contributed by atoms with Gasteiger partial charge in [0.25, 0.3) is 0 Å². The summed E-state index contributed by atoms with van der Waals surface area (Å²) in [6, 6.07) is 11.0. The SMILES string of the molecule is CC(Oc1ccc(Cl)cc1Br)C(=O)Oc1cccc(C(N)=O)c1.